The topological polar surface area (TPSA) is 119 Å². The van der Waals surface area contributed by atoms with Crippen LogP contribution in [-0.2, 0) is 9.59 Å². The predicted molar refractivity (Wildman–Crippen MR) is 103 cm³/mol. The minimum absolute atomic E-state index is 0.0855. The van der Waals surface area contributed by atoms with Gasteiger partial charge in [0.05, 0.1) is 17.7 Å². The van der Waals surface area contributed by atoms with Gasteiger partial charge in [-0.3, -0.25) is 29.4 Å². The minimum Gasteiger partial charge on any atom is -0.395 e. The van der Waals surface area contributed by atoms with Crippen molar-refractivity contribution in [1.29, 1.82) is 0 Å². The van der Waals surface area contributed by atoms with Crippen LogP contribution in [0.15, 0.2) is 18.2 Å². The summed E-state index contributed by atoms with van der Waals surface area (Å²) in [5, 5.41) is 14.5. The van der Waals surface area contributed by atoms with Crippen LogP contribution >= 0.6 is 0 Å². The van der Waals surface area contributed by atoms with Gasteiger partial charge in [0.2, 0.25) is 11.8 Å². The molecule has 3 heterocycles. The molecule has 4 rings (SSSR count). The van der Waals surface area contributed by atoms with Crippen molar-refractivity contribution >= 4 is 29.3 Å². The predicted octanol–water partition coefficient (Wildman–Crippen LogP) is -0.361. The van der Waals surface area contributed by atoms with Crippen molar-refractivity contribution < 1.29 is 24.3 Å². The van der Waals surface area contributed by atoms with Gasteiger partial charge >= 0.3 is 0 Å². The molecule has 2 fully saturated rings. The molecule has 3 aliphatic rings. The molecule has 154 valence electrons. The van der Waals surface area contributed by atoms with Crippen LogP contribution in [0.25, 0.3) is 0 Å². The van der Waals surface area contributed by atoms with E-state index in [2.05, 4.69) is 15.5 Å². The summed E-state index contributed by atoms with van der Waals surface area (Å²) < 4.78 is 0. The lowest BCUT2D eigenvalue weighted by atomic mass is 10.0. The first kappa shape index (κ1) is 19.5. The number of hydrogen-bond acceptors (Lipinski definition) is 7. The number of piperidine rings is 2. The molecule has 0 aliphatic carbocycles. The van der Waals surface area contributed by atoms with E-state index in [1.54, 1.807) is 12.1 Å². The molecule has 0 spiro atoms. The number of fused-ring (bicyclic) bond motifs is 1. The third-order valence-electron chi connectivity index (χ3n) is 5.75. The molecule has 0 radical (unpaired) electrons. The molecule has 3 N–H and O–H groups in total. The molecular weight excluding hydrogens is 376 g/mol. The zero-order valence-corrected chi connectivity index (χ0v) is 16.0. The Morgan fingerprint density at radius 3 is 2.66 bits per heavy atom. The van der Waals surface area contributed by atoms with Crippen LogP contribution in [0.5, 0.6) is 0 Å². The van der Waals surface area contributed by atoms with E-state index in [1.165, 1.54) is 0 Å². The fourth-order valence-corrected chi connectivity index (χ4v) is 4.30. The molecule has 29 heavy (non-hydrogen) atoms. The van der Waals surface area contributed by atoms with E-state index in [4.69, 9.17) is 5.11 Å². The number of aliphatic hydroxyl groups is 1. The Kier molecular flexibility index (Phi) is 5.33. The number of imide groups is 2. The van der Waals surface area contributed by atoms with Crippen LogP contribution in [-0.4, -0.2) is 72.0 Å². The highest BCUT2D eigenvalue weighted by atomic mass is 16.3. The zero-order chi connectivity index (χ0) is 20.5. The van der Waals surface area contributed by atoms with E-state index in [-0.39, 0.29) is 37.0 Å². The van der Waals surface area contributed by atoms with Gasteiger partial charge in [-0.1, -0.05) is 0 Å². The number of nitrogens with one attached hydrogen (secondary N) is 2. The summed E-state index contributed by atoms with van der Waals surface area (Å²) in [6.07, 6.45) is 2.25. The second kappa shape index (κ2) is 7.92. The largest absolute Gasteiger partial charge is 0.395 e. The lowest BCUT2D eigenvalue weighted by Gasteiger charge is -2.35. The molecular formula is C20H24N4O5. The number of aliphatic hydroxyl groups excluding tert-OH is 1. The monoisotopic (exact) mass is 400 g/mol. The Morgan fingerprint density at radius 1 is 1.10 bits per heavy atom. The first-order valence-electron chi connectivity index (χ1n) is 9.94. The van der Waals surface area contributed by atoms with Gasteiger partial charge in [-0.2, -0.15) is 0 Å². The fourth-order valence-electron chi connectivity index (χ4n) is 4.30. The van der Waals surface area contributed by atoms with Crippen molar-refractivity contribution in [2.45, 2.75) is 37.8 Å². The summed E-state index contributed by atoms with van der Waals surface area (Å²) in [7, 11) is 0. The normalized spacial score (nSPS) is 24.7. The number of carbonyl (C=O) groups is 4. The standard InChI is InChI=1S/C20H24N4O5/c25-9-7-21-12-2-1-8-23(11-12)13-3-4-14-15(10-13)20(29)24(19(14)28)16-5-6-17(26)22-18(16)27/h3-4,10,12,16,21,25H,1-2,5-9,11H2,(H,22,26,27). The Bertz CT molecular complexity index is 870. The van der Waals surface area contributed by atoms with Crippen LogP contribution in [0, 0.1) is 0 Å². The van der Waals surface area contributed by atoms with Crippen molar-refractivity contribution in [2.24, 2.45) is 0 Å². The van der Waals surface area contributed by atoms with Gasteiger partial charge in [-0.05, 0) is 37.5 Å². The van der Waals surface area contributed by atoms with E-state index in [1.807, 2.05) is 6.07 Å². The number of amides is 4. The van der Waals surface area contributed by atoms with Gasteiger partial charge < -0.3 is 15.3 Å². The number of hydrogen-bond donors (Lipinski definition) is 3. The van der Waals surface area contributed by atoms with Crippen molar-refractivity contribution in [3.05, 3.63) is 29.3 Å². The van der Waals surface area contributed by atoms with Crippen LogP contribution in [0.4, 0.5) is 5.69 Å². The second-order valence-corrected chi connectivity index (χ2v) is 7.64. The SMILES string of the molecule is O=C1CCC(N2C(=O)c3ccc(N4CCCC(NCCO)C4)cc3C2=O)C(=O)N1. The lowest BCUT2D eigenvalue weighted by Crippen LogP contribution is -2.54. The molecule has 0 saturated carbocycles. The van der Waals surface area contributed by atoms with Gasteiger partial charge in [0, 0.05) is 37.8 Å². The van der Waals surface area contributed by atoms with E-state index in [0.717, 1.165) is 36.5 Å². The van der Waals surface area contributed by atoms with Gasteiger partial charge in [-0.25, -0.2) is 0 Å². The van der Waals surface area contributed by atoms with Crippen LogP contribution < -0.4 is 15.5 Å². The van der Waals surface area contributed by atoms with Crippen molar-refractivity contribution in [3.63, 3.8) is 0 Å². The fraction of sp³-hybridized carbons (Fsp3) is 0.500. The number of benzene rings is 1. The quantitative estimate of drug-likeness (QED) is 0.578. The molecule has 0 aromatic heterocycles. The van der Waals surface area contributed by atoms with Gasteiger partial charge in [0.1, 0.15) is 6.04 Å². The van der Waals surface area contributed by atoms with Crippen molar-refractivity contribution in [1.82, 2.24) is 15.5 Å². The summed E-state index contributed by atoms with van der Waals surface area (Å²) in [5.74, 6) is -1.98. The third-order valence-corrected chi connectivity index (χ3v) is 5.75. The molecule has 1 aromatic carbocycles. The van der Waals surface area contributed by atoms with E-state index < -0.39 is 23.8 Å². The Hall–Kier alpha value is -2.78. The van der Waals surface area contributed by atoms with Crippen molar-refractivity contribution in [3.8, 4) is 0 Å². The molecule has 4 amide bonds. The molecule has 1 aromatic rings. The minimum atomic E-state index is -0.953. The van der Waals surface area contributed by atoms with Crippen molar-refractivity contribution in [2.75, 3.05) is 31.1 Å². The first-order chi connectivity index (χ1) is 14.0. The summed E-state index contributed by atoms with van der Waals surface area (Å²) in [6, 6.07) is 4.48. The maximum absolute atomic E-state index is 13.0. The molecule has 9 nitrogen and oxygen atoms in total. The average Bonchev–Trinajstić information content (AvgIpc) is 2.97. The summed E-state index contributed by atoms with van der Waals surface area (Å²) in [4.78, 5) is 52.4. The Labute approximate surface area is 168 Å². The maximum atomic E-state index is 13.0. The number of nitrogens with zero attached hydrogens (tertiary/aromatic N) is 2. The lowest BCUT2D eigenvalue weighted by molar-refractivity contribution is -0.136. The molecule has 2 unspecified atom stereocenters. The van der Waals surface area contributed by atoms with Crippen LogP contribution in [0.2, 0.25) is 0 Å². The summed E-state index contributed by atoms with van der Waals surface area (Å²) in [5.41, 5.74) is 1.43. The molecule has 0 bridgehead atoms. The summed E-state index contributed by atoms with van der Waals surface area (Å²) in [6.45, 7) is 2.21. The highest BCUT2D eigenvalue weighted by Crippen LogP contribution is 2.31. The highest BCUT2D eigenvalue weighted by Gasteiger charge is 2.44. The van der Waals surface area contributed by atoms with E-state index in [0.29, 0.717) is 12.1 Å². The van der Waals surface area contributed by atoms with Crippen LogP contribution in [0.3, 0.4) is 0 Å². The molecule has 9 heteroatoms. The molecule has 2 atom stereocenters. The smallest absolute Gasteiger partial charge is 0.262 e. The average molecular weight is 400 g/mol. The second-order valence-electron chi connectivity index (χ2n) is 7.64. The summed E-state index contributed by atoms with van der Waals surface area (Å²) >= 11 is 0. The van der Waals surface area contributed by atoms with Gasteiger partial charge in [-0.15, -0.1) is 0 Å². The first-order valence-corrected chi connectivity index (χ1v) is 9.94. The Morgan fingerprint density at radius 2 is 1.90 bits per heavy atom. The Balaban J connectivity index is 1.54. The number of anilines is 1. The van der Waals surface area contributed by atoms with E-state index in [9.17, 15) is 19.2 Å². The van der Waals surface area contributed by atoms with Crippen LogP contribution in [0.1, 0.15) is 46.4 Å². The highest BCUT2D eigenvalue weighted by molar-refractivity contribution is 6.23. The number of rotatable bonds is 5. The van der Waals surface area contributed by atoms with E-state index >= 15 is 0 Å². The molecule has 2 saturated heterocycles. The van der Waals surface area contributed by atoms with Gasteiger partial charge in [0.25, 0.3) is 11.8 Å². The molecule has 3 aliphatic heterocycles. The van der Waals surface area contributed by atoms with Gasteiger partial charge in [0.15, 0.2) is 0 Å². The maximum Gasteiger partial charge on any atom is 0.262 e. The number of carbonyl (C=O) groups excluding carboxylic acids is 4. The zero-order valence-electron chi connectivity index (χ0n) is 16.0. The third kappa shape index (κ3) is 3.63.